The first-order chi connectivity index (χ1) is 19.7. The summed E-state index contributed by atoms with van der Waals surface area (Å²) in [4.78, 5) is 38.6. The van der Waals surface area contributed by atoms with Gasteiger partial charge in [-0.15, -0.1) is 0 Å². The number of carboxylic acids is 1. The summed E-state index contributed by atoms with van der Waals surface area (Å²) in [7, 11) is -2.21. The molecule has 0 spiro atoms. The van der Waals surface area contributed by atoms with Crippen molar-refractivity contribution in [3.05, 3.63) is 101 Å². The number of aryl methyl sites for hydroxylation is 1. The van der Waals surface area contributed by atoms with Gasteiger partial charge in [0.25, 0.3) is 0 Å². The third-order valence-corrected chi connectivity index (χ3v) is 11.9. The first kappa shape index (κ1) is 32.4. The number of aliphatic carboxylic acids is 1. The topological polar surface area (TPSA) is 114 Å². The molecule has 0 saturated heterocycles. The standard InChI is InChI=1S/C33H42N2O6Si/c1-23-17-18-29(41-42(5,6)33(2,3)4)26(19-23)21-28(31(37)38)34-30(36)27(20-24-13-9-7-10-14-24)35-32(39)40-22-25-15-11-8-12-16-25/h7-19,27-28H,20-22H2,1-6H3,(H,34,36)(H,35,39)(H,37,38). The lowest BCUT2D eigenvalue weighted by Gasteiger charge is -2.37. The summed E-state index contributed by atoms with van der Waals surface area (Å²) >= 11 is 0. The molecular formula is C33H42N2O6Si. The second-order valence-corrected chi connectivity index (χ2v) is 16.8. The molecule has 0 aliphatic rings. The number of hydrogen-bond acceptors (Lipinski definition) is 5. The minimum atomic E-state index is -2.21. The van der Waals surface area contributed by atoms with Gasteiger partial charge in [-0.05, 0) is 47.8 Å². The second kappa shape index (κ2) is 14.2. The highest BCUT2D eigenvalue weighted by Crippen LogP contribution is 2.38. The van der Waals surface area contributed by atoms with Crippen molar-refractivity contribution < 1.29 is 28.7 Å². The molecule has 0 saturated carbocycles. The summed E-state index contributed by atoms with van der Waals surface area (Å²) in [5.74, 6) is -1.19. The van der Waals surface area contributed by atoms with Crippen LogP contribution in [-0.2, 0) is 33.8 Å². The van der Waals surface area contributed by atoms with Gasteiger partial charge in [0.15, 0.2) is 0 Å². The molecular weight excluding hydrogens is 548 g/mol. The van der Waals surface area contributed by atoms with E-state index in [9.17, 15) is 19.5 Å². The zero-order valence-corrected chi connectivity index (χ0v) is 26.3. The molecule has 224 valence electrons. The number of ether oxygens (including phenoxy) is 1. The molecule has 0 radical (unpaired) electrons. The van der Waals surface area contributed by atoms with Crippen LogP contribution in [-0.4, -0.2) is 43.5 Å². The molecule has 3 aromatic rings. The Morgan fingerprint density at radius 3 is 2.00 bits per heavy atom. The van der Waals surface area contributed by atoms with Crippen molar-refractivity contribution in [2.75, 3.05) is 0 Å². The monoisotopic (exact) mass is 590 g/mol. The fourth-order valence-electron chi connectivity index (χ4n) is 4.05. The van der Waals surface area contributed by atoms with Gasteiger partial charge in [-0.25, -0.2) is 9.59 Å². The Labute approximate surface area is 249 Å². The summed E-state index contributed by atoms with van der Waals surface area (Å²) < 4.78 is 11.9. The highest BCUT2D eigenvalue weighted by Gasteiger charge is 2.39. The van der Waals surface area contributed by atoms with Crippen molar-refractivity contribution in [3.63, 3.8) is 0 Å². The molecule has 0 aliphatic heterocycles. The van der Waals surface area contributed by atoms with Gasteiger partial charge in [0, 0.05) is 12.8 Å². The van der Waals surface area contributed by atoms with Gasteiger partial charge >= 0.3 is 12.1 Å². The van der Waals surface area contributed by atoms with Crippen molar-refractivity contribution in [1.29, 1.82) is 0 Å². The largest absolute Gasteiger partial charge is 0.543 e. The number of benzene rings is 3. The molecule has 8 nitrogen and oxygen atoms in total. The first-order valence-electron chi connectivity index (χ1n) is 14.1. The summed E-state index contributed by atoms with van der Waals surface area (Å²) in [5, 5.41) is 15.3. The lowest BCUT2D eigenvalue weighted by atomic mass is 10.0. The van der Waals surface area contributed by atoms with Crippen LogP contribution < -0.4 is 15.1 Å². The van der Waals surface area contributed by atoms with Crippen molar-refractivity contribution in [3.8, 4) is 5.75 Å². The van der Waals surface area contributed by atoms with Gasteiger partial charge in [0.2, 0.25) is 14.2 Å². The molecule has 2 unspecified atom stereocenters. The lowest BCUT2D eigenvalue weighted by Crippen LogP contribution is -2.53. The molecule has 0 aromatic heterocycles. The maximum Gasteiger partial charge on any atom is 0.408 e. The predicted octanol–water partition coefficient (Wildman–Crippen LogP) is 6.03. The average Bonchev–Trinajstić information content (AvgIpc) is 2.93. The van der Waals surface area contributed by atoms with Crippen LogP contribution in [0.1, 0.15) is 43.0 Å². The Bertz CT molecular complexity index is 1360. The third kappa shape index (κ3) is 9.48. The van der Waals surface area contributed by atoms with E-state index in [0.29, 0.717) is 11.3 Å². The molecule has 42 heavy (non-hydrogen) atoms. The van der Waals surface area contributed by atoms with Crippen LogP contribution in [0.3, 0.4) is 0 Å². The van der Waals surface area contributed by atoms with E-state index in [-0.39, 0.29) is 24.5 Å². The summed E-state index contributed by atoms with van der Waals surface area (Å²) in [6.45, 7) is 12.6. The molecule has 3 aromatic carbocycles. The van der Waals surface area contributed by atoms with E-state index in [0.717, 1.165) is 16.7 Å². The van der Waals surface area contributed by atoms with Crippen LogP contribution in [0.2, 0.25) is 18.1 Å². The van der Waals surface area contributed by atoms with E-state index < -0.39 is 38.4 Å². The molecule has 3 N–H and O–H groups in total. The molecule has 2 amide bonds. The van der Waals surface area contributed by atoms with Crippen molar-refractivity contribution in [2.45, 2.75) is 77.4 Å². The summed E-state index contributed by atoms with van der Waals surface area (Å²) in [5.41, 5.74) is 3.25. The Morgan fingerprint density at radius 1 is 0.833 bits per heavy atom. The Kier molecular flexibility index (Phi) is 10.9. The minimum absolute atomic E-state index is 0.0171. The van der Waals surface area contributed by atoms with E-state index in [2.05, 4.69) is 44.5 Å². The summed E-state index contributed by atoms with van der Waals surface area (Å²) in [6.07, 6.45) is -0.599. The molecule has 2 atom stereocenters. The van der Waals surface area contributed by atoms with Gasteiger partial charge in [0.05, 0.1) is 0 Å². The van der Waals surface area contributed by atoms with Gasteiger partial charge in [-0.3, -0.25) is 4.79 Å². The smallest absolute Gasteiger partial charge is 0.408 e. The number of hydrogen-bond donors (Lipinski definition) is 3. The van der Waals surface area contributed by atoms with E-state index in [1.807, 2.05) is 85.8 Å². The van der Waals surface area contributed by atoms with Gasteiger partial charge in [-0.1, -0.05) is 99.1 Å². The first-order valence-corrected chi connectivity index (χ1v) is 17.0. The van der Waals surface area contributed by atoms with Crippen LogP contribution in [0.25, 0.3) is 0 Å². The molecule has 9 heteroatoms. The van der Waals surface area contributed by atoms with Crippen LogP contribution in [0.4, 0.5) is 4.79 Å². The number of rotatable bonds is 12. The average molecular weight is 591 g/mol. The van der Waals surface area contributed by atoms with Gasteiger partial charge in [-0.2, -0.15) is 0 Å². The molecule has 0 fully saturated rings. The van der Waals surface area contributed by atoms with E-state index in [1.165, 1.54) is 0 Å². The fraction of sp³-hybridized carbons (Fsp3) is 0.364. The Balaban J connectivity index is 1.79. The van der Waals surface area contributed by atoms with E-state index in [4.69, 9.17) is 9.16 Å². The van der Waals surface area contributed by atoms with Crippen LogP contribution in [0, 0.1) is 6.92 Å². The summed E-state index contributed by atoms with van der Waals surface area (Å²) in [6, 6.07) is 21.8. The number of carbonyl (C=O) groups excluding carboxylic acids is 2. The van der Waals surface area contributed by atoms with Crippen molar-refractivity contribution in [2.24, 2.45) is 0 Å². The highest BCUT2D eigenvalue weighted by atomic mass is 28.4. The zero-order valence-electron chi connectivity index (χ0n) is 25.3. The SMILES string of the molecule is Cc1ccc(O[Si](C)(C)C(C)(C)C)c(CC(NC(=O)C(Cc2ccccc2)NC(=O)OCc2ccccc2)C(=O)O)c1. The normalized spacial score (nSPS) is 13.0. The van der Waals surface area contributed by atoms with E-state index in [1.54, 1.807) is 0 Å². The maximum absolute atomic E-state index is 13.5. The fourth-order valence-corrected chi connectivity index (χ4v) is 5.11. The van der Waals surface area contributed by atoms with Crippen molar-refractivity contribution >= 4 is 26.3 Å². The lowest BCUT2D eigenvalue weighted by molar-refractivity contribution is -0.142. The number of amides is 2. The number of carbonyl (C=O) groups is 3. The van der Waals surface area contributed by atoms with Gasteiger partial charge in [0.1, 0.15) is 24.4 Å². The number of nitrogens with one attached hydrogen (secondary N) is 2. The van der Waals surface area contributed by atoms with Gasteiger partial charge < -0.3 is 24.9 Å². The quantitative estimate of drug-likeness (QED) is 0.222. The minimum Gasteiger partial charge on any atom is -0.543 e. The van der Waals surface area contributed by atoms with E-state index >= 15 is 0 Å². The molecule has 0 aliphatic carbocycles. The molecule has 3 rings (SSSR count). The molecule has 0 heterocycles. The Morgan fingerprint density at radius 2 is 1.43 bits per heavy atom. The van der Waals surface area contributed by atoms with Crippen LogP contribution in [0.15, 0.2) is 78.9 Å². The Hall–Kier alpha value is -4.11. The second-order valence-electron chi connectivity index (χ2n) is 12.0. The number of carboxylic acid groups (broad SMARTS) is 1. The van der Waals surface area contributed by atoms with Crippen LogP contribution in [0.5, 0.6) is 5.75 Å². The van der Waals surface area contributed by atoms with Crippen LogP contribution >= 0.6 is 0 Å². The molecule has 0 bridgehead atoms. The zero-order chi connectivity index (χ0) is 30.9. The maximum atomic E-state index is 13.5. The third-order valence-electron chi connectivity index (χ3n) is 7.53. The van der Waals surface area contributed by atoms with Crippen molar-refractivity contribution in [1.82, 2.24) is 10.6 Å². The predicted molar refractivity (Wildman–Crippen MR) is 166 cm³/mol. The number of alkyl carbamates (subject to hydrolysis) is 1. The highest BCUT2D eigenvalue weighted by molar-refractivity contribution is 6.74.